The first-order valence-corrected chi connectivity index (χ1v) is 12.2. The Morgan fingerprint density at radius 1 is 0.667 bits per heavy atom. The Labute approximate surface area is 224 Å². The number of carbonyl (C=O) groups is 1. The molecule has 0 aromatic heterocycles. The summed E-state index contributed by atoms with van der Waals surface area (Å²) in [4.78, 5) is 12.8. The summed E-state index contributed by atoms with van der Waals surface area (Å²) in [6.45, 7) is 1.89. The van der Waals surface area contributed by atoms with E-state index in [1.165, 1.54) is 36.4 Å². The van der Waals surface area contributed by atoms with Gasteiger partial charge in [-0.3, -0.25) is 4.79 Å². The van der Waals surface area contributed by atoms with Gasteiger partial charge in [-0.1, -0.05) is 41.6 Å². The molecule has 10 heteroatoms. The van der Waals surface area contributed by atoms with Gasteiger partial charge in [-0.2, -0.15) is 26.3 Å². The highest BCUT2D eigenvalue weighted by Crippen LogP contribution is 2.43. The Kier molecular flexibility index (Phi) is 7.96. The summed E-state index contributed by atoms with van der Waals surface area (Å²) >= 11 is 0.738. The Morgan fingerprint density at radius 3 is 1.62 bits per heavy atom. The molecule has 4 rings (SSSR count). The first kappa shape index (κ1) is 28.1. The van der Waals surface area contributed by atoms with Crippen molar-refractivity contribution in [3.63, 3.8) is 0 Å². The summed E-state index contributed by atoms with van der Waals surface area (Å²) in [6.07, 6.45) is -9.50. The second-order valence-electron chi connectivity index (χ2n) is 8.44. The molecule has 39 heavy (non-hydrogen) atoms. The zero-order valence-corrected chi connectivity index (χ0v) is 21.3. The Balaban J connectivity index is 1.57. The lowest BCUT2D eigenvalue weighted by atomic mass is 10.0. The van der Waals surface area contributed by atoms with Crippen molar-refractivity contribution in [1.82, 2.24) is 0 Å². The van der Waals surface area contributed by atoms with Gasteiger partial charge < -0.3 is 9.47 Å². The molecule has 0 aliphatic heterocycles. The highest BCUT2D eigenvalue weighted by atomic mass is 32.2. The van der Waals surface area contributed by atoms with Gasteiger partial charge in [-0.25, -0.2) is 0 Å². The van der Waals surface area contributed by atoms with Crippen molar-refractivity contribution in [3.05, 3.63) is 113 Å². The van der Waals surface area contributed by atoms with Gasteiger partial charge in [-0.05, 0) is 67.6 Å². The molecule has 0 atom stereocenters. The number of aryl methyl sites for hydroxylation is 1. The number of benzene rings is 4. The molecule has 0 saturated carbocycles. The zero-order valence-electron chi connectivity index (χ0n) is 20.5. The standard InChI is InChI=1S/C29H20F6O3S/c1-17-3-5-18(6-4-17)27(36)19-7-9-20(10-8-19)38-26-14-12-22(16-24(26)29(33,34)35)39-21-11-13-25(37-2)23(15-21)28(30,31)32/h3-16H,1-2H3. The molecular weight excluding hydrogens is 542 g/mol. The van der Waals surface area contributed by atoms with Gasteiger partial charge in [0.25, 0.3) is 0 Å². The number of carbonyl (C=O) groups excluding carboxylic acids is 1. The van der Waals surface area contributed by atoms with Crippen molar-refractivity contribution in [1.29, 1.82) is 0 Å². The van der Waals surface area contributed by atoms with Gasteiger partial charge in [0.15, 0.2) is 5.78 Å². The van der Waals surface area contributed by atoms with Crippen LogP contribution in [0.4, 0.5) is 26.3 Å². The highest BCUT2D eigenvalue weighted by Gasteiger charge is 2.36. The third-order valence-electron chi connectivity index (χ3n) is 5.63. The largest absolute Gasteiger partial charge is 0.496 e. The van der Waals surface area contributed by atoms with Gasteiger partial charge in [0.05, 0.1) is 18.2 Å². The minimum Gasteiger partial charge on any atom is -0.496 e. The maximum absolute atomic E-state index is 13.9. The Bertz CT molecular complexity index is 1480. The summed E-state index contributed by atoms with van der Waals surface area (Å²) in [6, 6.07) is 19.2. The van der Waals surface area contributed by atoms with Crippen molar-refractivity contribution < 1.29 is 40.6 Å². The van der Waals surface area contributed by atoms with Crippen LogP contribution in [0.5, 0.6) is 17.2 Å². The molecule has 0 saturated heterocycles. The third kappa shape index (κ3) is 6.75. The lowest BCUT2D eigenvalue weighted by Gasteiger charge is -2.16. The maximum atomic E-state index is 13.9. The van der Waals surface area contributed by atoms with Crippen LogP contribution in [0, 0.1) is 6.92 Å². The first-order chi connectivity index (χ1) is 18.3. The molecule has 4 aromatic rings. The SMILES string of the molecule is COc1ccc(Sc2ccc(Oc3ccc(C(=O)c4ccc(C)cc4)cc3)c(C(F)(F)F)c2)cc1C(F)(F)F. The molecule has 0 radical (unpaired) electrons. The predicted octanol–water partition coefficient (Wildman–Crippen LogP) is 9.22. The van der Waals surface area contributed by atoms with Gasteiger partial charge >= 0.3 is 12.4 Å². The van der Waals surface area contributed by atoms with Crippen molar-refractivity contribution in [2.24, 2.45) is 0 Å². The van der Waals surface area contributed by atoms with Crippen LogP contribution < -0.4 is 9.47 Å². The fourth-order valence-electron chi connectivity index (χ4n) is 3.66. The molecule has 0 aliphatic rings. The van der Waals surface area contributed by atoms with Crippen LogP contribution in [0.15, 0.2) is 94.7 Å². The number of ketones is 1. The summed E-state index contributed by atoms with van der Waals surface area (Å²) in [5.74, 6) is -1.05. The van der Waals surface area contributed by atoms with Crippen LogP contribution in [0.1, 0.15) is 32.6 Å². The number of halogens is 6. The van der Waals surface area contributed by atoms with Crippen LogP contribution in [0.3, 0.4) is 0 Å². The van der Waals surface area contributed by atoms with E-state index in [2.05, 4.69) is 0 Å². The number of ether oxygens (including phenoxy) is 2. The lowest BCUT2D eigenvalue weighted by Crippen LogP contribution is -2.08. The van der Waals surface area contributed by atoms with E-state index in [0.29, 0.717) is 11.1 Å². The predicted molar refractivity (Wildman–Crippen MR) is 135 cm³/mol. The molecule has 0 aliphatic carbocycles. The van der Waals surface area contributed by atoms with Crippen molar-refractivity contribution in [3.8, 4) is 17.2 Å². The van der Waals surface area contributed by atoms with Gasteiger partial charge in [0.2, 0.25) is 0 Å². The number of methoxy groups -OCH3 is 1. The smallest absolute Gasteiger partial charge is 0.420 e. The highest BCUT2D eigenvalue weighted by molar-refractivity contribution is 7.99. The number of alkyl halides is 6. The van der Waals surface area contributed by atoms with E-state index < -0.39 is 35.0 Å². The van der Waals surface area contributed by atoms with Gasteiger partial charge in [0, 0.05) is 20.9 Å². The molecule has 0 heterocycles. The topological polar surface area (TPSA) is 35.5 Å². The lowest BCUT2D eigenvalue weighted by molar-refractivity contribution is -0.139. The van der Waals surface area contributed by atoms with E-state index in [1.54, 1.807) is 24.3 Å². The fourth-order valence-corrected chi connectivity index (χ4v) is 4.56. The molecule has 0 amide bonds. The first-order valence-electron chi connectivity index (χ1n) is 11.4. The summed E-state index contributed by atoms with van der Waals surface area (Å²) in [5.41, 5.74) is -0.324. The number of hydrogen-bond donors (Lipinski definition) is 0. The number of hydrogen-bond acceptors (Lipinski definition) is 4. The average Bonchev–Trinajstić information content (AvgIpc) is 2.89. The summed E-state index contributed by atoms with van der Waals surface area (Å²) in [5, 5.41) is 0. The normalized spacial score (nSPS) is 11.8. The van der Waals surface area contributed by atoms with Crippen molar-refractivity contribution in [2.45, 2.75) is 29.1 Å². The molecule has 4 aromatic carbocycles. The van der Waals surface area contributed by atoms with E-state index in [4.69, 9.17) is 9.47 Å². The molecule has 0 spiro atoms. The van der Waals surface area contributed by atoms with Gasteiger partial charge in [0.1, 0.15) is 17.2 Å². The molecule has 3 nitrogen and oxygen atoms in total. The van der Waals surface area contributed by atoms with Crippen LogP contribution >= 0.6 is 11.8 Å². The average molecular weight is 563 g/mol. The molecular formula is C29H20F6O3S. The monoisotopic (exact) mass is 562 g/mol. The molecule has 202 valence electrons. The summed E-state index contributed by atoms with van der Waals surface area (Å²) in [7, 11) is 1.10. The van der Waals surface area contributed by atoms with Crippen molar-refractivity contribution >= 4 is 17.5 Å². The molecule has 0 fully saturated rings. The molecule has 0 unspecified atom stereocenters. The molecule has 0 N–H and O–H groups in total. The number of rotatable bonds is 7. The minimum absolute atomic E-state index is 0.0620. The third-order valence-corrected chi connectivity index (χ3v) is 6.61. The quantitative estimate of drug-likeness (QED) is 0.166. The van der Waals surface area contributed by atoms with Gasteiger partial charge in [-0.15, -0.1) is 0 Å². The van der Waals surface area contributed by atoms with E-state index in [0.717, 1.165) is 48.7 Å². The van der Waals surface area contributed by atoms with Crippen molar-refractivity contribution in [2.75, 3.05) is 7.11 Å². The zero-order chi connectivity index (χ0) is 28.4. The Hall–Kier alpha value is -3.92. The second-order valence-corrected chi connectivity index (χ2v) is 9.59. The molecule has 0 bridgehead atoms. The van der Waals surface area contributed by atoms with E-state index >= 15 is 0 Å². The van der Waals surface area contributed by atoms with Crippen LogP contribution in [-0.2, 0) is 12.4 Å². The van der Waals surface area contributed by atoms with Crippen LogP contribution in [-0.4, -0.2) is 12.9 Å². The van der Waals surface area contributed by atoms with Crippen LogP contribution in [0.25, 0.3) is 0 Å². The summed E-state index contributed by atoms with van der Waals surface area (Å²) < 4.78 is 91.9. The second kappa shape index (κ2) is 11.1. The fraction of sp³-hybridized carbons (Fsp3) is 0.138. The maximum Gasteiger partial charge on any atom is 0.420 e. The van der Waals surface area contributed by atoms with E-state index in [9.17, 15) is 31.1 Å². The van der Waals surface area contributed by atoms with Crippen LogP contribution in [0.2, 0.25) is 0 Å². The minimum atomic E-state index is -4.80. The van der Waals surface area contributed by atoms with E-state index in [-0.39, 0.29) is 21.3 Å². The van der Waals surface area contributed by atoms with E-state index in [1.807, 2.05) is 6.92 Å². The Morgan fingerprint density at radius 2 is 1.13 bits per heavy atom.